The van der Waals surface area contributed by atoms with Gasteiger partial charge in [-0.3, -0.25) is 4.79 Å². The van der Waals surface area contributed by atoms with Gasteiger partial charge in [-0.15, -0.1) is 0 Å². The highest BCUT2D eigenvalue weighted by molar-refractivity contribution is 7.89. The molecule has 0 spiro atoms. The second kappa shape index (κ2) is 6.11. The molecule has 1 aliphatic heterocycles. The lowest BCUT2D eigenvalue weighted by Gasteiger charge is -2.29. The van der Waals surface area contributed by atoms with E-state index in [0.29, 0.717) is 6.42 Å². The predicted octanol–water partition coefficient (Wildman–Crippen LogP) is 3.25. The number of nitrogens with zero attached hydrogens (tertiary/aromatic N) is 1. The highest BCUT2D eigenvalue weighted by atomic mass is 32.2. The van der Waals surface area contributed by atoms with Crippen LogP contribution in [0.4, 0.5) is 0 Å². The number of carboxylic acids is 1. The summed E-state index contributed by atoms with van der Waals surface area (Å²) in [5.41, 5.74) is 0. The molecule has 1 heterocycles. The van der Waals surface area contributed by atoms with Crippen molar-refractivity contribution in [3.8, 4) is 0 Å². The van der Waals surface area contributed by atoms with Gasteiger partial charge in [0.05, 0.1) is 4.90 Å². The fraction of sp³-hybridized carbons (Fsp3) is 0.421. The van der Waals surface area contributed by atoms with Crippen LogP contribution in [0.15, 0.2) is 47.4 Å². The topological polar surface area (TPSA) is 74.7 Å². The molecular formula is C19H21NO4S. The van der Waals surface area contributed by atoms with E-state index < -0.39 is 22.0 Å². The summed E-state index contributed by atoms with van der Waals surface area (Å²) in [7, 11) is -3.84. The molecule has 1 N–H and O–H groups in total. The van der Waals surface area contributed by atoms with E-state index in [1.165, 1.54) is 4.31 Å². The fourth-order valence-corrected chi connectivity index (χ4v) is 6.33. The van der Waals surface area contributed by atoms with Gasteiger partial charge < -0.3 is 5.11 Å². The average molecular weight is 359 g/mol. The number of carbonyl (C=O) groups is 1. The maximum absolute atomic E-state index is 13.3. The number of fused-ring (bicyclic) bond motifs is 3. The van der Waals surface area contributed by atoms with Crippen molar-refractivity contribution in [3.63, 3.8) is 0 Å². The standard InChI is InChI=1S/C19H21NO4S/c21-19(22)18-15-7-3-4-8-16(11-15)20(18)25(23,24)17-10-9-13-5-1-2-6-14(13)12-17/h1-2,5-6,9-10,12,15-16,18H,3-4,7-8,11H2,(H,21,22). The van der Waals surface area contributed by atoms with E-state index >= 15 is 0 Å². The van der Waals surface area contributed by atoms with Gasteiger partial charge in [0, 0.05) is 6.04 Å². The van der Waals surface area contributed by atoms with Gasteiger partial charge in [-0.05, 0) is 48.1 Å². The molecule has 1 saturated heterocycles. The van der Waals surface area contributed by atoms with E-state index in [2.05, 4.69) is 0 Å². The first-order chi connectivity index (χ1) is 12.0. The van der Waals surface area contributed by atoms with Crippen molar-refractivity contribution >= 4 is 26.8 Å². The highest BCUT2D eigenvalue weighted by Gasteiger charge is 2.51. The zero-order chi connectivity index (χ0) is 17.6. The number of hydrogen-bond donors (Lipinski definition) is 1. The van der Waals surface area contributed by atoms with Crippen LogP contribution in [0.2, 0.25) is 0 Å². The first-order valence-corrected chi connectivity index (χ1v) is 10.2. The molecule has 0 radical (unpaired) electrons. The molecule has 1 saturated carbocycles. The lowest BCUT2D eigenvalue weighted by Crippen LogP contribution is -2.47. The first kappa shape index (κ1) is 16.5. The van der Waals surface area contributed by atoms with E-state index in [-0.39, 0.29) is 16.9 Å². The third-order valence-electron chi connectivity index (χ3n) is 5.57. The van der Waals surface area contributed by atoms with Crippen molar-refractivity contribution in [1.29, 1.82) is 0 Å². The minimum atomic E-state index is -3.84. The summed E-state index contributed by atoms with van der Waals surface area (Å²) < 4.78 is 27.9. The predicted molar refractivity (Wildman–Crippen MR) is 94.8 cm³/mol. The molecular weight excluding hydrogens is 338 g/mol. The van der Waals surface area contributed by atoms with Crippen molar-refractivity contribution in [3.05, 3.63) is 42.5 Å². The Balaban J connectivity index is 1.80. The molecule has 132 valence electrons. The van der Waals surface area contributed by atoms with E-state index in [4.69, 9.17) is 0 Å². The van der Waals surface area contributed by atoms with Gasteiger partial charge in [0.1, 0.15) is 6.04 Å². The number of rotatable bonds is 3. The second-order valence-corrected chi connectivity index (χ2v) is 8.90. The Morgan fingerprint density at radius 2 is 1.76 bits per heavy atom. The normalized spacial score (nSPS) is 27.3. The number of sulfonamides is 1. The summed E-state index contributed by atoms with van der Waals surface area (Å²) in [6, 6.07) is 11.5. The van der Waals surface area contributed by atoms with Gasteiger partial charge >= 0.3 is 5.97 Å². The molecule has 0 amide bonds. The second-order valence-electron chi connectivity index (χ2n) is 7.06. The minimum Gasteiger partial charge on any atom is -0.480 e. The molecule has 2 aromatic carbocycles. The maximum Gasteiger partial charge on any atom is 0.322 e. The molecule has 2 fully saturated rings. The molecule has 2 bridgehead atoms. The SMILES string of the molecule is O=C(O)C1C2CCCCC(C2)N1S(=O)(=O)c1ccc2ccccc2c1. The number of aliphatic carboxylic acids is 1. The molecule has 5 nitrogen and oxygen atoms in total. The van der Waals surface area contributed by atoms with E-state index in [1.807, 2.05) is 24.3 Å². The number of benzene rings is 2. The van der Waals surface area contributed by atoms with Gasteiger partial charge in [-0.2, -0.15) is 4.31 Å². The van der Waals surface area contributed by atoms with Crippen molar-refractivity contribution in [2.75, 3.05) is 0 Å². The van der Waals surface area contributed by atoms with Crippen LogP contribution >= 0.6 is 0 Å². The smallest absolute Gasteiger partial charge is 0.322 e. The molecule has 6 heteroatoms. The molecule has 25 heavy (non-hydrogen) atoms. The molecule has 0 aromatic heterocycles. The van der Waals surface area contributed by atoms with Gasteiger partial charge in [-0.25, -0.2) is 8.42 Å². The van der Waals surface area contributed by atoms with Crippen molar-refractivity contribution < 1.29 is 18.3 Å². The summed E-state index contributed by atoms with van der Waals surface area (Å²) in [5, 5.41) is 11.5. The fourth-order valence-electron chi connectivity index (χ4n) is 4.43. The third-order valence-corrected chi connectivity index (χ3v) is 7.50. The van der Waals surface area contributed by atoms with Crippen LogP contribution in [0.25, 0.3) is 10.8 Å². The Morgan fingerprint density at radius 3 is 2.52 bits per heavy atom. The monoisotopic (exact) mass is 359 g/mol. The van der Waals surface area contributed by atoms with Gasteiger partial charge in [0.15, 0.2) is 0 Å². The van der Waals surface area contributed by atoms with Crippen molar-refractivity contribution in [2.45, 2.75) is 49.1 Å². The van der Waals surface area contributed by atoms with Crippen LogP contribution in [0.1, 0.15) is 32.1 Å². The Hall–Kier alpha value is -1.92. The van der Waals surface area contributed by atoms with Crippen molar-refractivity contribution in [2.24, 2.45) is 5.92 Å². The van der Waals surface area contributed by atoms with E-state index in [1.54, 1.807) is 18.2 Å². The van der Waals surface area contributed by atoms with E-state index in [0.717, 1.165) is 36.5 Å². The van der Waals surface area contributed by atoms with Crippen LogP contribution in [0, 0.1) is 5.92 Å². The number of hydrogen-bond acceptors (Lipinski definition) is 3. The van der Waals surface area contributed by atoms with Gasteiger partial charge in [0.2, 0.25) is 10.0 Å². The quantitative estimate of drug-likeness (QED) is 0.913. The van der Waals surface area contributed by atoms with Crippen LogP contribution in [-0.4, -0.2) is 35.9 Å². The molecule has 4 rings (SSSR count). The maximum atomic E-state index is 13.3. The lowest BCUT2D eigenvalue weighted by molar-refractivity contribution is -0.142. The van der Waals surface area contributed by atoms with Gasteiger partial charge in [-0.1, -0.05) is 43.2 Å². The van der Waals surface area contributed by atoms with E-state index in [9.17, 15) is 18.3 Å². The molecule has 3 unspecified atom stereocenters. The Bertz CT molecular complexity index is 924. The van der Waals surface area contributed by atoms with Crippen LogP contribution < -0.4 is 0 Å². The highest BCUT2D eigenvalue weighted by Crippen LogP contribution is 2.42. The number of carboxylic acid groups (broad SMARTS) is 1. The Labute approximate surface area is 147 Å². The van der Waals surface area contributed by atoms with Gasteiger partial charge in [0.25, 0.3) is 0 Å². The summed E-state index contributed by atoms with van der Waals surface area (Å²) in [6.45, 7) is 0. The Kier molecular flexibility index (Phi) is 4.04. The molecule has 2 aromatic rings. The van der Waals surface area contributed by atoms with Crippen molar-refractivity contribution in [1.82, 2.24) is 4.31 Å². The molecule has 1 aliphatic carbocycles. The molecule has 3 atom stereocenters. The zero-order valence-corrected chi connectivity index (χ0v) is 14.7. The first-order valence-electron chi connectivity index (χ1n) is 8.73. The minimum absolute atomic E-state index is 0.0831. The summed E-state index contributed by atoms with van der Waals surface area (Å²) in [4.78, 5) is 12.0. The zero-order valence-electron chi connectivity index (χ0n) is 13.8. The lowest BCUT2D eigenvalue weighted by atomic mass is 9.96. The van der Waals surface area contributed by atoms with Crippen LogP contribution in [0.3, 0.4) is 0 Å². The average Bonchev–Trinajstić information content (AvgIpc) is 2.80. The third kappa shape index (κ3) is 2.73. The Morgan fingerprint density at radius 1 is 1.04 bits per heavy atom. The van der Waals surface area contributed by atoms with Crippen LogP contribution in [-0.2, 0) is 14.8 Å². The largest absolute Gasteiger partial charge is 0.480 e. The summed E-state index contributed by atoms with van der Waals surface area (Å²) in [5.74, 6) is -1.11. The molecule has 2 aliphatic rings. The summed E-state index contributed by atoms with van der Waals surface area (Å²) >= 11 is 0. The summed E-state index contributed by atoms with van der Waals surface area (Å²) in [6.07, 6.45) is 4.13. The van der Waals surface area contributed by atoms with Crippen LogP contribution in [0.5, 0.6) is 0 Å².